The molecule has 2 heterocycles. The fourth-order valence-corrected chi connectivity index (χ4v) is 4.23. The van der Waals surface area contributed by atoms with Gasteiger partial charge in [-0.1, -0.05) is 25.2 Å². The van der Waals surface area contributed by atoms with Crippen molar-refractivity contribution < 1.29 is 9.18 Å². The Morgan fingerprint density at radius 2 is 2.07 bits per heavy atom. The van der Waals surface area contributed by atoms with Crippen molar-refractivity contribution in [2.75, 3.05) is 11.1 Å². The Labute approximate surface area is 163 Å². The molecule has 0 saturated heterocycles. The van der Waals surface area contributed by atoms with Crippen molar-refractivity contribution >= 4 is 39.7 Å². The molecule has 3 rings (SSSR count). The van der Waals surface area contributed by atoms with Crippen molar-refractivity contribution in [3.8, 4) is 0 Å². The van der Waals surface area contributed by atoms with Gasteiger partial charge in [-0.25, -0.2) is 9.37 Å². The van der Waals surface area contributed by atoms with Gasteiger partial charge in [0.25, 0.3) is 5.56 Å². The van der Waals surface area contributed by atoms with Gasteiger partial charge < -0.3 is 5.32 Å². The number of thioether (sulfide) groups is 1. The molecule has 0 aliphatic rings. The summed E-state index contributed by atoms with van der Waals surface area (Å²) < 4.78 is 14.2. The highest BCUT2D eigenvalue weighted by Crippen LogP contribution is 2.17. The van der Waals surface area contributed by atoms with E-state index >= 15 is 0 Å². The van der Waals surface area contributed by atoms with Gasteiger partial charge in [0.2, 0.25) is 10.9 Å². The number of rotatable bonds is 7. The molecule has 27 heavy (non-hydrogen) atoms. The smallest absolute Gasteiger partial charge is 0.275 e. The predicted molar refractivity (Wildman–Crippen MR) is 107 cm³/mol. The summed E-state index contributed by atoms with van der Waals surface area (Å²) in [7, 11) is 0. The van der Waals surface area contributed by atoms with E-state index in [1.807, 2.05) is 0 Å². The fourth-order valence-electron chi connectivity index (χ4n) is 2.38. The van der Waals surface area contributed by atoms with E-state index in [9.17, 15) is 14.0 Å². The van der Waals surface area contributed by atoms with Crippen LogP contribution < -0.4 is 10.9 Å². The van der Waals surface area contributed by atoms with E-state index in [1.54, 1.807) is 0 Å². The number of anilines is 1. The van der Waals surface area contributed by atoms with Crippen LogP contribution in [0.3, 0.4) is 0 Å². The van der Waals surface area contributed by atoms with Crippen molar-refractivity contribution in [2.24, 2.45) is 5.92 Å². The number of aromatic nitrogens is 3. The number of benzene rings is 1. The minimum atomic E-state index is -0.352. The van der Waals surface area contributed by atoms with Gasteiger partial charge in [-0.05, 0) is 30.2 Å². The summed E-state index contributed by atoms with van der Waals surface area (Å²) in [5, 5.41) is 7.90. The van der Waals surface area contributed by atoms with Crippen molar-refractivity contribution in [2.45, 2.75) is 26.0 Å². The second kappa shape index (κ2) is 8.62. The Morgan fingerprint density at radius 1 is 1.33 bits per heavy atom. The van der Waals surface area contributed by atoms with Crippen LogP contribution in [0.1, 0.15) is 24.5 Å². The Kier molecular flexibility index (Phi) is 6.22. The molecular formula is C18H19FN4O2S2. The van der Waals surface area contributed by atoms with Crippen LogP contribution in [0.15, 0.2) is 35.1 Å². The standard InChI is InChI=1S/C18H19FN4O2S2/c1-11(2)7-16-22-23-17(25)8-14(21-18(23)27-16)9-26-10-15(24)20-13-5-3-12(19)4-6-13/h3-6,8,11H,7,9-10H2,1-2H3,(H,20,24). The third kappa shape index (κ3) is 5.36. The first-order valence-corrected chi connectivity index (χ1v) is 10.4. The molecule has 0 unspecified atom stereocenters. The summed E-state index contributed by atoms with van der Waals surface area (Å²) in [5.41, 5.74) is 0.957. The first kappa shape index (κ1) is 19.5. The van der Waals surface area contributed by atoms with Crippen LogP contribution in [0, 0.1) is 11.7 Å². The average Bonchev–Trinajstić information content (AvgIpc) is 2.99. The summed E-state index contributed by atoms with van der Waals surface area (Å²) in [6, 6.07) is 7.05. The number of carbonyl (C=O) groups excluding carboxylic acids is 1. The van der Waals surface area contributed by atoms with Crippen LogP contribution >= 0.6 is 23.1 Å². The van der Waals surface area contributed by atoms with Crippen molar-refractivity contribution in [3.63, 3.8) is 0 Å². The Morgan fingerprint density at radius 3 is 2.78 bits per heavy atom. The molecule has 6 nitrogen and oxygen atoms in total. The van der Waals surface area contributed by atoms with Crippen LogP contribution in [0.25, 0.3) is 4.96 Å². The minimum absolute atomic E-state index is 0.193. The molecule has 0 saturated carbocycles. The third-order valence-electron chi connectivity index (χ3n) is 3.53. The van der Waals surface area contributed by atoms with Crippen molar-refractivity contribution in [1.29, 1.82) is 0 Å². The van der Waals surface area contributed by atoms with E-state index in [-0.39, 0.29) is 23.0 Å². The number of fused-ring (bicyclic) bond motifs is 1. The minimum Gasteiger partial charge on any atom is -0.325 e. The molecule has 0 spiro atoms. The largest absolute Gasteiger partial charge is 0.325 e. The van der Waals surface area contributed by atoms with Crippen LogP contribution in [-0.2, 0) is 17.0 Å². The van der Waals surface area contributed by atoms with Gasteiger partial charge in [-0.15, -0.1) is 11.8 Å². The molecule has 142 valence electrons. The van der Waals surface area contributed by atoms with Gasteiger partial charge in [0, 0.05) is 23.9 Å². The highest BCUT2D eigenvalue weighted by Gasteiger charge is 2.11. The van der Waals surface area contributed by atoms with Crippen LogP contribution in [0.2, 0.25) is 0 Å². The molecule has 0 aliphatic carbocycles. The Hall–Kier alpha value is -2.26. The zero-order valence-corrected chi connectivity index (χ0v) is 16.6. The molecule has 2 aromatic heterocycles. The van der Waals surface area contributed by atoms with E-state index in [0.29, 0.717) is 28.0 Å². The number of nitrogens with one attached hydrogen (secondary N) is 1. The number of hydrogen-bond donors (Lipinski definition) is 1. The summed E-state index contributed by atoms with van der Waals surface area (Å²) >= 11 is 2.78. The summed E-state index contributed by atoms with van der Waals surface area (Å²) in [6.07, 6.45) is 0.807. The van der Waals surface area contributed by atoms with E-state index in [0.717, 1.165) is 11.4 Å². The van der Waals surface area contributed by atoms with Crippen LogP contribution in [0.4, 0.5) is 10.1 Å². The predicted octanol–water partition coefficient (Wildman–Crippen LogP) is 3.36. The van der Waals surface area contributed by atoms with Crippen LogP contribution in [-0.4, -0.2) is 26.3 Å². The number of amides is 1. The maximum atomic E-state index is 12.9. The Bertz CT molecular complexity index is 999. The number of halogens is 1. The monoisotopic (exact) mass is 406 g/mol. The summed E-state index contributed by atoms with van der Waals surface area (Å²) in [4.78, 5) is 29.2. The lowest BCUT2D eigenvalue weighted by Crippen LogP contribution is -2.16. The third-order valence-corrected chi connectivity index (χ3v) is 5.43. The zero-order chi connectivity index (χ0) is 19.4. The van der Waals surface area contributed by atoms with E-state index in [1.165, 1.54) is 57.9 Å². The van der Waals surface area contributed by atoms with E-state index in [4.69, 9.17) is 0 Å². The molecule has 3 aromatic rings. The topological polar surface area (TPSA) is 76.4 Å². The van der Waals surface area contributed by atoms with Crippen molar-refractivity contribution in [1.82, 2.24) is 14.6 Å². The normalized spacial score (nSPS) is 11.3. The highest BCUT2D eigenvalue weighted by atomic mass is 32.2. The maximum Gasteiger partial charge on any atom is 0.275 e. The van der Waals surface area contributed by atoms with Gasteiger partial charge in [-0.3, -0.25) is 9.59 Å². The van der Waals surface area contributed by atoms with Gasteiger partial charge in [0.1, 0.15) is 10.8 Å². The first-order valence-electron chi connectivity index (χ1n) is 8.42. The lowest BCUT2D eigenvalue weighted by atomic mass is 10.1. The molecular weight excluding hydrogens is 387 g/mol. The van der Waals surface area contributed by atoms with E-state index < -0.39 is 0 Å². The summed E-state index contributed by atoms with van der Waals surface area (Å²) in [5.74, 6) is 0.562. The summed E-state index contributed by atoms with van der Waals surface area (Å²) in [6.45, 7) is 4.20. The lowest BCUT2D eigenvalue weighted by molar-refractivity contribution is -0.113. The number of carbonyl (C=O) groups is 1. The van der Waals surface area contributed by atoms with Crippen molar-refractivity contribution in [3.05, 3.63) is 57.2 Å². The number of hydrogen-bond acceptors (Lipinski definition) is 6. The average molecular weight is 407 g/mol. The molecule has 1 aromatic carbocycles. The molecule has 0 aliphatic heterocycles. The maximum absolute atomic E-state index is 12.9. The second-order valence-electron chi connectivity index (χ2n) is 6.42. The number of nitrogens with zero attached hydrogens (tertiary/aromatic N) is 3. The molecule has 9 heteroatoms. The van der Waals surface area contributed by atoms with Gasteiger partial charge >= 0.3 is 0 Å². The van der Waals surface area contributed by atoms with Gasteiger partial charge in [0.15, 0.2) is 0 Å². The quantitative estimate of drug-likeness (QED) is 0.651. The zero-order valence-electron chi connectivity index (χ0n) is 14.9. The fraction of sp³-hybridized carbons (Fsp3) is 0.333. The van der Waals surface area contributed by atoms with Gasteiger partial charge in [0.05, 0.1) is 11.4 Å². The SMILES string of the molecule is CC(C)Cc1nn2c(=O)cc(CSCC(=O)Nc3ccc(F)cc3)nc2s1. The van der Waals surface area contributed by atoms with Gasteiger partial charge in [-0.2, -0.15) is 9.61 Å². The molecule has 0 radical (unpaired) electrons. The molecule has 0 bridgehead atoms. The van der Waals surface area contributed by atoms with Crippen LogP contribution in [0.5, 0.6) is 0 Å². The molecule has 1 amide bonds. The second-order valence-corrected chi connectivity index (χ2v) is 8.45. The molecule has 0 fully saturated rings. The lowest BCUT2D eigenvalue weighted by Gasteiger charge is -2.05. The molecule has 1 N–H and O–H groups in total. The first-order chi connectivity index (χ1) is 12.9. The highest BCUT2D eigenvalue weighted by molar-refractivity contribution is 7.99. The molecule has 0 atom stereocenters. The van der Waals surface area contributed by atoms with E-state index in [2.05, 4.69) is 29.2 Å². The Balaban J connectivity index is 1.58.